The minimum absolute atomic E-state index is 0.406. The third-order valence-corrected chi connectivity index (χ3v) is 2.12. The van der Waals surface area contributed by atoms with Crippen molar-refractivity contribution in [3.63, 3.8) is 0 Å². The standard InChI is InChI=1S/C8H11NO3/c9-7(10)5-3-1-2-4-6(5)8(11)12/h1-2,5-6H,3-4H2,(H2,9,10)(H,11,12)/t5-,6+/m1/s1. The Kier molecular flexibility index (Phi) is 2.47. The average molecular weight is 169 g/mol. The molecule has 1 amide bonds. The molecule has 0 bridgehead atoms. The number of carbonyl (C=O) groups excluding carboxylic acids is 1. The van der Waals surface area contributed by atoms with E-state index < -0.39 is 23.7 Å². The number of aliphatic carboxylic acids is 1. The van der Waals surface area contributed by atoms with Crippen LogP contribution in [0.25, 0.3) is 0 Å². The second kappa shape index (κ2) is 3.38. The largest absolute Gasteiger partial charge is 0.481 e. The smallest absolute Gasteiger partial charge is 0.307 e. The second-order valence-corrected chi connectivity index (χ2v) is 2.90. The summed E-state index contributed by atoms with van der Waals surface area (Å²) in [7, 11) is 0. The molecule has 66 valence electrons. The van der Waals surface area contributed by atoms with Crippen molar-refractivity contribution in [1.82, 2.24) is 0 Å². The zero-order valence-electron chi connectivity index (χ0n) is 6.56. The second-order valence-electron chi connectivity index (χ2n) is 2.90. The molecule has 4 nitrogen and oxygen atoms in total. The lowest BCUT2D eigenvalue weighted by molar-refractivity contribution is -0.146. The molecule has 2 atom stereocenters. The van der Waals surface area contributed by atoms with Gasteiger partial charge in [0, 0.05) is 0 Å². The van der Waals surface area contributed by atoms with E-state index in [-0.39, 0.29) is 0 Å². The van der Waals surface area contributed by atoms with Crippen molar-refractivity contribution in [2.75, 3.05) is 0 Å². The highest BCUT2D eigenvalue weighted by molar-refractivity contribution is 5.84. The van der Waals surface area contributed by atoms with Crippen LogP contribution in [0.15, 0.2) is 12.2 Å². The number of rotatable bonds is 2. The SMILES string of the molecule is NC(=O)[C@@H]1CC=CC[C@@H]1C(=O)O. The fraction of sp³-hybridized carbons (Fsp3) is 0.500. The Hall–Kier alpha value is -1.32. The lowest BCUT2D eigenvalue weighted by Crippen LogP contribution is -2.35. The van der Waals surface area contributed by atoms with Gasteiger partial charge in [-0.15, -0.1) is 0 Å². The predicted molar refractivity (Wildman–Crippen MR) is 42.2 cm³/mol. The normalized spacial score (nSPS) is 28.3. The van der Waals surface area contributed by atoms with Gasteiger partial charge in [-0.3, -0.25) is 9.59 Å². The molecular formula is C8H11NO3. The van der Waals surface area contributed by atoms with Crippen molar-refractivity contribution in [2.45, 2.75) is 12.8 Å². The van der Waals surface area contributed by atoms with Crippen molar-refractivity contribution in [3.8, 4) is 0 Å². The number of nitrogens with two attached hydrogens (primary N) is 1. The molecule has 0 aromatic rings. The molecule has 0 heterocycles. The van der Waals surface area contributed by atoms with Crippen molar-refractivity contribution in [2.24, 2.45) is 17.6 Å². The zero-order chi connectivity index (χ0) is 9.14. The van der Waals surface area contributed by atoms with Crippen molar-refractivity contribution < 1.29 is 14.7 Å². The third-order valence-electron chi connectivity index (χ3n) is 2.12. The quantitative estimate of drug-likeness (QED) is 0.577. The molecule has 1 aliphatic carbocycles. The molecule has 0 aromatic heterocycles. The predicted octanol–water partition coefficient (Wildman–Crippen LogP) is 0.139. The Morgan fingerprint density at radius 2 is 1.75 bits per heavy atom. The first-order chi connectivity index (χ1) is 5.63. The van der Waals surface area contributed by atoms with Gasteiger partial charge in [0.05, 0.1) is 11.8 Å². The summed E-state index contributed by atoms with van der Waals surface area (Å²) >= 11 is 0. The third kappa shape index (κ3) is 1.64. The number of hydrogen-bond acceptors (Lipinski definition) is 2. The molecule has 0 fully saturated rings. The maximum Gasteiger partial charge on any atom is 0.307 e. The van der Waals surface area contributed by atoms with Crippen LogP contribution in [0.3, 0.4) is 0 Å². The molecule has 0 saturated heterocycles. The molecule has 0 saturated carbocycles. The van der Waals surface area contributed by atoms with Gasteiger partial charge in [0.2, 0.25) is 5.91 Å². The van der Waals surface area contributed by atoms with Gasteiger partial charge in [-0.25, -0.2) is 0 Å². The summed E-state index contributed by atoms with van der Waals surface area (Å²) in [6, 6.07) is 0. The number of hydrogen-bond donors (Lipinski definition) is 2. The van der Waals surface area contributed by atoms with E-state index in [0.29, 0.717) is 12.8 Å². The minimum Gasteiger partial charge on any atom is -0.481 e. The number of primary amides is 1. The summed E-state index contributed by atoms with van der Waals surface area (Å²) < 4.78 is 0. The lowest BCUT2D eigenvalue weighted by Gasteiger charge is -2.21. The topological polar surface area (TPSA) is 80.4 Å². The number of carbonyl (C=O) groups is 2. The van der Waals surface area contributed by atoms with Crippen LogP contribution in [-0.2, 0) is 9.59 Å². The van der Waals surface area contributed by atoms with Crippen LogP contribution in [0, 0.1) is 11.8 Å². The first kappa shape index (κ1) is 8.77. The summed E-state index contributed by atoms with van der Waals surface area (Å²) in [4.78, 5) is 21.4. The molecular weight excluding hydrogens is 158 g/mol. The maximum atomic E-state index is 10.8. The Bertz CT molecular complexity index is 210. The number of amides is 1. The van der Waals surface area contributed by atoms with E-state index in [1.807, 2.05) is 0 Å². The highest BCUT2D eigenvalue weighted by Crippen LogP contribution is 2.25. The Labute approximate surface area is 70.1 Å². The summed E-state index contributed by atoms with van der Waals surface area (Å²) in [6.45, 7) is 0. The molecule has 3 N–H and O–H groups in total. The van der Waals surface area contributed by atoms with Gasteiger partial charge in [-0.05, 0) is 12.8 Å². The summed E-state index contributed by atoms with van der Waals surface area (Å²) in [5, 5.41) is 8.72. The van der Waals surface area contributed by atoms with Gasteiger partial charge < -0.3 is 10.8 Å². The van der Waals surface area contributed by atoms with Gasteiger partial charge in [0.25, 0.3) is 0 Å². The number of carboxylic acids is 1. The van der Waals surface area contributed by atoms with Crippen molar-refractivity contribution in [3.05, 3.63) is 12.2 Å². The van der Waals surface area contributed by atoms with Gasteiger partial charge in [0.1, 0.15) is 0 Å². The molecule has 12 heavy (non-hydrogen) atoms. The van der Waals surface area contributed by atoms with E-state index in [1.54, 1.807) is 12.2 Å². The molecule has 0 aliphatic heterocycles. The molecule has 4 heteroatoms. The van der Waals surface area contributed by atoms with Gasteiger partial charge in [0.15, 0.2) is 0 Å². The summed E-state index contributed by atoms with van der Waals surface area (Å²) in [5.74, 6) is -2.63. The van der Waals surface area contributed by atoms with Crippen molar-refractivity contribution >= 4 is 11.9 Å². The summed E-state index contributed by atoms with van der Waals surface area (Å²) in [6.07, 6.45) is 4.43. The van der Waals surface area contributed by atoms with E-state index in [2.05, 4.69) is 0 Å². The Balaban J connectivity index is 2.76. The number of allylic oxidation sites excluding steroid dienone is 2. The fourth-order valence-corrected chi connectivity index (χ4v) is 1.40. The molecule has 0 spiro atoms. The van der Waals surface area contributed by atoms with Crippen LogP contribution >= 0.6 is 0 Å². The summed E-state index contributed by atoms with van der Waals surface area (Å²) in [5.41, 5.74) is 5.06. The van der Waals surface area contributed by atoms with Crippen molar-refractivity contribution in [1.29, 1.82) is 0 Å². The van der Waals surface area contributed by atoms with Crippen LogP contribution in [0.4, 0.5) is 0 Å². The van der Waals surface area contributed by atoms with E-state index in [1.165, 1.54) is 0 Å². The highest BCUT2D eigenvalue weighted by atomic mass is 16.4. The van der Waals surface area contributed by atoms with Gasteiger partial charge in [-0.1, -0.05) is 12.2 Å². The van der Waals surface area contributed by atoms with Crippen LogP contribution in [-0.4, -0.2) is 17.0 Å². The van der Waals surface area contributed by atoms with E-state index in [0.717, 1.165) is 0 Å². The van der Waals surface area contributed by atoms with E-state index >= 15 is 0 Å². The molecule has 0 radical (unpaired) electrons. The van der Waals surface area contributed by atoms with Crippen LogP contribution in [0.1, 0.15) is 12.8 Å². The zero-order valence-corrected chi connectivity index (χ0v) is 6.56. The monoisotopic (exact) mass is 169 g/mol. The van der Waals surface area contributed by atoms with Gasteiger partial charge in [-0.2, -0.15) is 0 Å². The average Bonchev–Trinajstić information content (AvgIpc) is 2.04. The fourth-order valence-electron chi connectivity index (χ4n) is 1.40. The van der Waals surface area contributed by atoms with Gasteiger partial charge >= 0.3 is 5.97 Å². The molecule has 0 unspecified atom stereocenters. The maximum absolute atomic E-state index is 10.8. The van der Waals surface area contributed by atoms with E-state index in [9.17, 15) is 9.59 Å². The van der Waals surface area contributed by atoms with Crippen LogP contribution < -0.4 is 5.73 Å². The first-order valence-electron chi connectivity index (χ1n) is 3.80. The Morgan fingerprint density at radius 1 is 1.25 bits per heavy atom. The number of carboxylic acid groups (broad SMARTS) is 1. The molecule has 0 aromatic carbocycles. The Morgan fingerprint density at radius 3 is 2.08 bits per heavy atom. The molecule has 1 rings (SSSR count). The lowest BCUT2D eigenvalue weighted by atomic mass is 9.83. The highest BCUT2D eigenvalue weighted by Gasteiger charge is 2.32. The van der Waals surface area contributed by atoms with Crippen LogP contribution in [0.2, 0.25) is 0 Å². The molecule has 1 aliphatic rings. The van der Waals surface area contributed by atoms with E-state index in [4.69, 9.17) is 10.8 Å². The first-order valence-corrected chi connectivity index (χ1v) is 3.80. The van der Waals surface area contributed by atoms with Crippen LogP contribution in [0.5, 0.6) is 0 Å². The minimum atomic E-state index is -0.942.